The van der Waals surface area contributed by atoms with Gasteiger partial charge < -0.3 is 10.6 Å². The summed E-state index contributed by atoms with van der Waals surface area (Å²) in [5, 5.41) is 11.1. The van der Waals surface area contributed by atoms with Gasteiger partial charge in [0.15, 0.2) is 5.13 Å². The molecule has 0 aliphatic heterocycles. The summed E-state index contributed by atoms with van der Waals surface area (Å²) >= 11 is 1.38. The van der Waals surface area contributed by atoms with E-state index in [9.17, 15) is 9.59 Å². The van der Waals surface area contributed by atoms with Crippen LogP contribution in [0.4, 0.5) is 15.6 Å². The average molecular weight is 372 g/mol. The van der Waals surface area contributed by atoms with E-state index in [4.69, 9.17) is 0 Å². The minimum atomic E-state index is -0.195. The predicted molar refractivity (Wildman–Crippen MR) is 105 cm³/mol. The average Bonchev–Trinajstić information content (AvgIpc) is 3.09. The van der Waals surface area contributed by atoms with Gasteiger partial charge in [-0.05, 0) is 31.4 Å². The highest BCUT2D eigenvalue weighted by atomic mass is 32.1. The van der Waals surface area contributed by atoms with Gasteiger partial charge in [0.2, 0.25) is 5.91 Å². The van der Waals surface area contributed by atoms with Crippen LogP contribution in [-0.2, 0) is 11.2 Å². The Balaban J connectivity index is 1.41. The number of thiazole rings is 1. The number of nitrogens with one attached hydrogen (secondary N) is 3. The predicted octanol–water partition coefficient (Wildman–Crippen LogP) is 4.17. The number of carbonyl (C=O) groups excluding carboxylic acids is 2. The Morgan fingerprint density at radius 2 is 1.85 bits per heavy atom. The first-order chi connectivity index (χ1) is 12.7. The molecule has 0 radical (unpaired) electrons. The van der Waals surface area contributed by atoms with Crippen LogP contribution >= 0.6 is 11.3 Å². The summed E-state index contributed by atoms with van der Waals surface area (Å²) in [5.41, 5.74) is 1.60. The lowest BCUT2D eigenvalue weighted by molar-refractivity contribution is -0.116. The molecule has 138 valence electrons. The van der Waals surface area contributed by atoms with Crippen LogP contribution < -0.4 is 16.0 Å². The molecule has 1 heterocycles. The van der Waals surface area contributed by atoms with Crippen molar-refractivity contribution in [2.75, 3.05) is 10.6 Å². The number of anilines is 2. The van der Waals surface area contributed by atoms with Gasteiger partial charge in [-0.15, -0.1) is 11.3 Å². The van der Waals surface area contributed by atoms with E-state index < -0.39 is 0 Å². The molecule has 0 saturated heterocycles. The number of aromatic nitrogens is 1. The van der Waals surface area contributed by atoms with Gasteiger partial charge in [-0.1, -0.05) is 37.5 Å². The lowest BCUT2D eigenvalue weighted by Crippen LogP contribution is -2.38. The molecule has 3 amide bonds. The van der Waals surface area contributed by atoms with Crippen LogP contribution in [0.15, 0.2) is 35.7 Å². The second-order valence-corrected chi connectivity index (χ2v) is 7.35. The molecule has 1 fully saturated rings. The van der Waals surface area contributed by atoms with E-state index in [-0.39, 0.29) is 18.0 Å². The van der Waals surface area contributed by atoms with Crippen molar-refractivity contribution < 1.29 is 9.59 Å². The maximum atomic E-state index is 12.0. The number of hydrogen-bond donors (Lipinski definition) is 3. The molecule has 3 rings (SSSR count). The van der Waals surface area contributed by atoms with Crippen LogP contribution in [0.25, 0.3) is 0 Å². The molecule has 0 spiro atoms. The fourth-order valence-electron chi connectivity index (χ4n) is 3.03. The van der Waals surface area contributed by atoms with Crippen molar-refractivity contribution in [2.24, 2.45) is 0 Å². The van der Waals surface area contributed by atoms with Gasteiger partial charge in [-0.3, -0.25) is 10.1 Å². The summed E-state index contributed by atoms with van der Waals surface area (Å²) in [6, 6.07) is 9.45. The largest absolute Gasteiger partial charge is 0.335 e. The lowest BCUT2D eigenvalue weighted by atomic mass is 9.96. The van der Waals surface area contributed by atoms with Crippen LogP contribution in [-0.4, -0.2) is 23.0 Å². The molecule has 0 atom stereocenters. The maximum Gasteiger partial charge on any atom is 0.321 e. The number of nitrogens with zero attached hydrogens (tertiary/aromatic N) is 1. The van der Waals surface area contributed by atoms with Crippen molar-refractivity contribution in [3.63, 3.8) is 0 Å². The first-order valence-electron chi connectivity index (χ1n) is 9.06. The fraction of sp³-hybridized carbons (Fsp3) is 0.421. The topological polar surface area (TPSA) is 83.1 Å². The zero-order chi connectivity index (χ0) is 18.2. The van der Waals surface area contributed by atoms with E-state index in [1.807, 2.05) is 35.7 Å². The van der Waals surface area contributed by atoms with E-state index in [1.54, 1.807) is 0 Å². The molecular formula is C19H24N4O2S. The van der Waals surface area contributed by atoms with E-state index >= 15 is 0 Å². The number of carbonyl (C=O) groups is 2. The fourth-order valence-corrected chi connectivity index (χ4v) is 3.77. The highest BCUT2D eigenvalue weighted by molar-refractivity contribution is 7.13. The van der Waals surface area contributed by atoms with Crippen molar-refractivity contribution in [3.8, 4) is 0 Å². The monoisotopic (exact) mass is 372 g/mol. The van der Waals surface area contributed by atoms with Gasteiger partial charge in [0, 0.05) is 23.5 Å². The highest BCUT2D eigenvalue weighted by Crippen LogP contribution is 2.19. The number of para-hydroxylation sites is 1. The molecule has 1 aromatic heterocycles. The first kappa shape index (κ1) is 18.4. The van der Waals surface area contributed by atoms with Crippen molar-refractivity contribution >= 4 is 34.1 Å². The molecule has 2 aromatic rings. The Morgan fingerprint density at radius 1 is 1.08 bits per heavy atom. The summed E-state index contributed by atoms with van der Waals surface area (Å²) in [4.78, 5) is 28.4. The summed E-state index contributed by atoms with van der Waals surface area (Å²) < 4.78 is 0. The molecule has 0 unspecified atom stereocenters. The molecule has 1 aromatic carbocycles. The van der Waals surface area contributed by atoms with Gasteiger partial charge in [-0.25, -0.2) is 9.78 Å². The van der Waals surface area contributed by atoms with Gasteiger partial charge in [0.25, 0.3) is 0 Å². The molecule has 1 aliphatic rings. The first-order valence-corrected chi connectivity index (χ1v) is 9.94. The summed E-state index contributed by atoms with van der Waals surface area (Å²) in [6.07, 6.45) is 6.61. The Bertz CT molecular complexity index is 726. The Kier molecular flexibility index (Phi) is 6.60. The van der Waals surface area contributed by atoms with E-state index in [2.05, 4.69) is 20.9 Å². The number of urea groups is 1. The van der Waals surface area contributed by atoms with Crippen LogP contribution in [0, 0.1) is 0 Å². The van der Waals surface area contributed by atoms with E-state index in [0.29, 0.717) is 18.0 Å². The second kappa shape index (κ2) is 9.33. The maximum absolute atomic E-state index is 12.0. The highest BCUT2D eigenvalue weighted by Gasteiger charge is 2.16. The van der Waals surface area contributed by atoms with Crippen molar-refractivity contribution in [1.82, 2.24) is 10.3 Å². The number of amides is 3. The molecular weight excluding hydrogens is 348 g/mol. The van der Waals surface area contributed by atoms with Crippen LogP contribution in [0.2, 0.25) is 0 Å². The summed E-state index contributed by atoms with van der Waals surface area (Å²) in [6.45, 7) is 0. The number of aryl methyl sites for hydroxylation is 1. The third-order valence-electron chi connectivity index (χ3n) is 4.38. The third-order valence-corrected chi connectivity index (χ3v) is 5.18. The molecule has 1 saturated carbocycles. The SMILES string of the molecule is O=C(CCc1csc(NC(=O)NC2CCCCC2)n1)Nc1ccccc1. The number of benzene rings is 1. The van der Waals surface area contributed by atoms with Crippen LogP contribution in [0.3, 0.4) is 0 Å². The zero-order valence-electron chi connectivity index (χ0n) is 14.7. The standard InChI is InChI=1S/C19H24N4O2S/c24-17(20-14-7-3-1-4-8-14)12-11-16-13-26-19(22-16)23-18(25)21-15-9-5-2-6-10-15/h1,3-4,7-8,13,15H,2,5-6,9-12H2,(H,20,24)(H2,21,22,23,25). The minimum Gasteiger partial charge on any atom is -0.335 e. The Hall–Kier alpha value is -2.41. The van der Waals surface area contributed by atoms with Gasteiger partial charge in [0.05, 0.1) is 5.69 Å². The van der Waals surface area contributed by atoms with Crippen LogP contribution in [0.5, 0.6) is 0 Å². The molecule has 0 bridgehead atoms. The quantitative estimate of drug-likeness (QED) is 0.712. The third kappa shape index (κ3) is 5.84. The summed E-state index contributed by atoms with van der Waals surface area (Å²) in [7, 11) is 0. The van der Waals surface area contributed by atoms with E-state index in [0.717, 1.165) is 24.2 Å². The molecule has 1 aliphatic carbocycles. The number of hydrogen-bond acceptors (Lipinski definition) is 4. The van der Waals surface area contributed by atoms with Crippen molar-refractivity contribution in [1.29, 1.82) is 0 Å². The molecule has 26 heavy (non-hydrogen) atoms. The second-order valence-electron chi connectivity index (χ2n) is 6.49. The van der Waals surface area contributed by atoms with Crippen LogP contribution in [0.1, 0.15) is 44.2 Å². The smallest absolute Gasteiger partial charge is 0.321 e. The summed E-state index contributed by atoms with van der Waals surface area (Å²) in [5.74, 6) is -0.0475. The van der Waals surface area contributed by atoms with Gasteiger partial charge in [0.1, 0.15) is 0 Å². The molecule has 3 N–H and O–H groups in total. The zero-order valence-corrected chi connectivity index (χ0v) is 15.5. The van der Waals surface area contributed by atoms with Crippen molar-refractivity contribution in [3.05, 3.63) is 41.4 Å². The lowest BCUT2D eigenvalue weighted by Gasteiger charge is -2.22. The van der Waals surface area contributed by atoms with E-state index in [1.165, 1.54) is 30.6 Å². The Labute approximate surface area is 157 Å². The van der Waals surface area contributed by atoms with Crippen molar-refractivity contribution in [2.45, 2.75) is 51.0 Å². The normalized spacial score (nSPS) is 14.6. The minimum absolute atomic E-state index is 0.0475. The molecule has 7 heteroatoms. The van der Waals surface area contributed by atoms with Gasteiger partial charge >= 0.3 is 6.03 Å². The number of rotatable bonds is 6. The molecule has 6 nitrogen and oxygen atoms in total. The Morgan fingerprint density at radius 3 is 2.62 bits per heavy atom. The van der Waals surface area contributed by atoms with Gasteiger partial charge in [-0.2, -0.15) is 0 Å².